The lowest BCUT2D eigenvalue weighted by Gasteiger charge is -2.36. The van der Waals surface area contributed by atoms with E-state index < -0.39 is 35.4 Å². The Balaban J connectivity index is 1.72. The Hall–Kier alpha value is -3.07. The monoisotopic (exact) mass is 477 g/mol. The van der Waals surface area contributed by atoms with E-state index in [0.717, 1.165) is 23.4 Å². The van der Waals surface area contributed by atoms with Gasteiger partial charge in [-0.3, -0.25) is 14.9 Å². The third-order valence-corrected chi connectivity index (χ3v) is 5.77. The minimum Gasteiger partial charge on any atom is -0.497 e. The van der Waals surface area contributed by atoms with Gasteiger partial charge in [0.2, 0.25) is 11.8 Å². The summed E-state index contributed by atoms with van der Waals surface area (Å²) in [6.45, 7) is 5.68. The zero-order valence-corrected chi connectivity index (χ0v) is 19.6. The van der Waals surface area contributed by atoms with Crippen LogP contribution in [-0.4, -0.2) is 31.1 Å². The molecule has 0 bridgehead atoms. The van der Waals surface area contributed by atoms with Crippen LogP contribution < -0.4 is 20.7 Å². The van der Waals surface area contributed by atoms with Gasteiger partial charge in [0.15, 0.2) is 0 Å². The smallest absolute Gasteiger partial charge is 0.416 e. The van der Waals surface area contributed by atoms with Gasteiger partial charge in [-0.25, -0.2) is 0 Å². The molecule has 34 heavy (non-hydrogen) atoms. The van der Waals surface area contributed by atoms with E-state index >= 15 is 0 Å². The van der Waals surface area contributed by atoms with Gasteiger partial charge in [0.1, 0.15) is 5.75 Å². The maximum absolute atomic E-state index is 13.1. The molecular formula is C25H30F3N3O3. The van der Waals surface area contributed by atoms with E-state index in [1.165, 1.54) is 12.1 Å². The van der Waals surface area contributed by atoms with Gasteiger partial charge in [0.05, 0.1) is 37.3 Å². The van der Waals surface area contributed by atoms with Gasteiger partial charge in [0, 0.05) is 6.42 Å². The van der Waals surface area contributed by atoms with Crippen molar-refractivity contribution in [3.8, 4) is 5.75 Å². The third-order valence-electron chi connectivity index (χ3n) is 5.77. The number of rotatable bonds is 6. The number of hydrogen-bond acceptors (Lipinski definition) is 4. The van der Waals surface area contributed by atoms with Crippen molar-refractivity contribution in [3.63, 3.8) is 0 Å². The van der Waals surface area contributed by atoms with Crippen molar-refractivity contribution in [2.75, 3.05) is 7.11 Å². The molecule has 3 N–H and O–H groups in total. The van der Waals surface area contributed by atoms with Crippen molar-refractivity contribution in [1.82, 2.24) is 16.0 Å². The van der Waals surface area contributed by atoms with E-state index in [1.54, 1.807) is 7.11 Å². The number of nitrogens with one attached hydrogen (secondary N) is 3. The van der Waals surface area contributed by atoms with E-state index in [9.17, 15) is 22.8 Å². The van der Waals surface area contributed by atoms with Crippen molar-refractivity contribution in [3.05, 3.63) is 65.2 Å². The number of benzene rings is 2. The van der Waals surface area contributed by atoms with E-state index in [4.69, 9.17) is 4.74 Å². The van der Waals surface area contributed by atoms with Crippen molar-refractivity contribution < 1.29 is 27.5 Å². The zero-order chi connectivity index (χ0) is 25.1. The fourth-order valence-electron chi connectivity index (χ4n) is 3.96. The van der Waals surface area contributed by atoms with Crippen LogP contribution in [0.25, 0.3) is 0 Å². The molecule has 3 atom stereocenters. The van der Waals surface area contributed by atoms with Gasteiger partial charge in [0.25, 0.3) is 0 Å². The Bertz CT molecular complexity index is 999. The summed E-state index contributed by atoms with van der Waals surface area (Å²) in [5.74, 6) is 0.0896. The first-order valence-electron chi connectivity index (χ1n) is 11.0. The largest absolute Gasteiger partial charge is 0.497 e. The van der Waals surface area contributed by atoms with Crippen molar-refractivity contribution in [2.24, 2.45) is 5.41 Å². The first-order chi connectivity index (χ1) is 15.9. The lowest BCUT2D eigenvalue weighted by atomic mass is 9.82. The highest BCUT2D eigenvalue weighted by molar-refractivity contribution is 5.89. The second kappa shape index (κ2) is 10.0. The van der Waals surface area contributed by atoms with Gasteiger partial charge in [-0.15, -0.1) is 0 Å². The van der Waals surface area contributed by atoms with Gasteiger partial charge < -0.3 is 15.4 Å². The predicted octanol–water partition coefficient (Wildman–Crippen LogP) is 3.96. The first-order valence-corrected chi connectivity index (χ1v) is 11.0. The van der Waals surface area contributed by atoms with Crippen LogP contribution in [0.15, 0.2) is 48.5 Å². The average Bonchev–Trinajstić information content (AvgIpc) is 2.76. The highest BCUT2D eigenvalue weighted by Gasteiger charge is 2.35. The zero-order valence-electron chi connectivity index (χ0n) is 19.6. The summed E-state index contributed by atoms with van der Waals surface area (Å²) in [4.78, 5) is 25.4. The lowest BCUT2D eigenvalue weighted by Crippen LogP contribution is -2.61. The van der Waals surface area contributed by atoms with Crippen LogP contribution in [0.2, 0.25) is 0 Å². The van der Waals surface area contributed by atoms with E-state index in [2.05, 4.69) is 16.0 Å². The molecular weight excluding hydrogens is 447 g/mol. The summed E-state index contributed by atoms with van der Waals surface area (Å²) < 4.78 is 44.0. The summed E-state index contributed by atoms with van der Waals surface area (Å²) in [6.07, 6.45) is -4.43. The van der Waals surface area contributed by atoms with Crippen LogP contribution in [0.4, 0.5) is 13.2 Å². The minimum atomic E-state index is -4.43. The summed E-state index contributed by atoms with van der Waals surface area (Å²) in [6, 6.07) is 10.9. The molecule has 1 fully saturated rings. The molecule has 0 spiro atoms. The molecule has 3 rings (SSSR count). The maximum Gasteiger partial charge on any atom is 0.416 e. The Labute approximate surface area is 197 Å². The van der Waals surface area contributed by atoms with E-state index in [1.807, 2.05) is 45.0 Å². The minimum absolute atomic E-state index is 0.0329. The second-order valence-corrected chi connectivity index (χ2v) is 9.52. The highest BCUT2D eigenvalue weighted by atomic mass is 19.4. The molecule has 1 saturated heterocycles. The van der Waals surface area contributed by atoms with Gasteiger partial charge >= 0.3 is 6.18 Å². The van der Waals surface area contributed by atoms with Crippen molar-refractivity contribution in [2.45, 2.75) is 58.0 Å². The molecule has 2 unspecified atom stereocenters. The third kappa shape index (κ3) is 6.50. The fourth-order valence-corrected chi connectivity index (χ4v) is 3.96. The Morgan fingerprint density at radius 1 is 1.09 bits per heavy atom. The number of ether oxygens (including phenoxy) is 1. The van der Waals surface area contributed by atoms with Crippen LogP contribution in [0.1, 0.15) is 49.9 Å². The lowest BCUT2D eigenvalue weighted by molar-refractivity contribution is -0.137. The standard InChI is InChI=1S/C25H30F3N3O3/c1-24(2,3)22(16-7-9-17(10-8-16)25(26,27)28)31-23(33)19-14-21(32)30-20(29-19)13-15-5-11-18(34-4)12-6-15/h5-12,19-20,22,29H,13-14H2,1-4H3,(H,30,32)(H,31,33)/t19?,20?,22-/m0/s1. The molecule has 184 valence electrons. The second-order valence-electron chi connectivity index (χ2n) is 9.52. The van der Waals surface area contributed by atoms with Crippen LogP contribution in [0.5, 0.6) is 5.75 Å². The first kappa shape index (κ1) is 25.6. The van der Waals surface area contributed by atoms with Gasteiger partial charge in [-0.05, 0) is 40.8 Å². The van der Waals surface area contributed by atoms with Crippen LogP contribution in [0, 0.1) is 5.41 Å². The number of carbonyl (C=O) groups is 2. The number of halogens is 3. The Morgan fingerprint density at radius 2 is 1.71 bits per heavy atom. The average molecular weight is 478 g/mol. The molecule has 0 saturated carbocycles. The number of hydrogen-bond donors (Lipinski definition) is 3. The van der Waals surface area contributed by atoms with Crippen LogP contribution in [0.3, 0.4) is 0 Å². The highest BCUT2D eigenvalue weighted by Crippen LogP contribution is 2.35. The van der Waals surface area contributed by atoms with Crippen LogP contribution in [-0.2, 0) is 22.2 Å². The van der Waals surface area contributed by atoms with E-state index in [-0.39, 0.29) is 18.2 Å². The molecule has 1 aliphatic heterocycles. The Morgan fingerprint density at radius 3 is 2.24 bits per heavy atom. The maximum atomic E-state index is 13.1. The number of amides is 2. The number of methoxy groups -OCH3 is 1. The van der Waals surface area contributed by atoms with Gasteiger partial charge in [-0.1, -0.05) is 45.0 Å². The van der Waals surface area contributed by atoms with E-state index in [0.29, 0.717) is 12.0 Å². The molecule has 1 aliphatic rings. The van der Waals surface area contributed by atoms with Crippen molar-refractivity contribution >= 4 is 11.8 Å². The molecule has 6 nitrogen and oxygen atoms in total. The molecule has 9 heteroatoms. The topological polar surface area (TPSA) is 79.5 Å². The van der Waals surface area contributed by atoms with Crippen LogP contribution >= 0.6 is 0 Å². The number of alkyl halides is 3. The molecule has 0 radical (unpaired) electrons. The normalized spacial score (nSPS) is 19.8. The molecule has 0 aromatic heterocycles. The Kier molecular flexibility index (Phi) is 7.55. The fraction of sp³-hybridized carbons (Fsp3) is 0.440. The summed E-state index contributed by atoms with van der Waals surface area (Å²) in [5.41, 5.74) is 0.289. The van der Waals surface area contributed by atoms with Crippen molar-refractivity contribution in [1.29, 1.82) is 0 Å². The molecule has 0 aliphatic carbocycles. The molecule has 2 aromatic carbocycles. The predicted molar refractivity (Wildman–Crippen MR) is 122 cm³/mol. The summed E-state index contributed by atoms with van der Waals surface area (Å²) in [7, 11) is 1.58. The van der Waals surface area contributed by atoms with Gasteiger partial charge in [-0.2, -0.15) is 13.2 Å². The molecule has 2 amide bonds. The number of carbonyl (C=O) groups excluding carboxylic acids is 2. The summed E-state index contributed by atoms with van der Waals surface area (Å²) >= 11 is 0. The molecule has 1 heterocycles. The molecule has 2 aromatic rings. The summed E-state index contributed by atoms with van der Waals surface area (Å²) in [5, 5.41) is 8.96. The SMILES string of the molecule is COc1ccc(CC2NC(=O)CC(C(=O)N[C@@H](c3ccc(C(F)(F)F)cc3)C(C)(C)C)N2)cc1. The quantitative estimate of drug-likeness (QED) is 0.589.